The van der Waals surface area contributed by atoms with Gasteiger partial charge in [0.05, 0.1) is 17.9 Å². The standard InChI is InChI=1S/C29H30N2O3/c1-5-17-34-24-15-11-22(12-16-24)26-27(30-23-13-9-21(6-2)10-14-23)29(33)31(28(26)32)25-18-19(3)7-8-20(25)4/h7-16,18,30H,5-6,17H2,1-4H3. The maximum atomic E-state index is 13.7. The molecule has 3 aromatic rings. The maximum absolute atomic E-state index is 13.7. The van der Waals surface area contributed by atoms with E-state index in [1.165, 1.54) is 10.5 Å². The smallest absolute Gasteiger partial charge is 0.282 e. The Bertz CT molecular complexity index is 1240. The van der Waals surface area contributed by atoms with Crippen molar-refractivity contribution >= 4 is 28.8 Å². The van der Waals surface area contributed by atoms with Crippen LogP contribution in [0.25, 0.3) is 5.57 Å². The Morgan fingerprint density at radius 2 is 1.56 bits per heavy atom. The van der Waals surface area contributed by atoms with E-state index in [2.05, 4.69) is 19.2 Å². The van der Waals surface area contributed by atoms with Crippen LogP contribution in [0.1, 0.15) is 42.5 Å². The first-order chi connectivity index (χ1) is 16.4. The maximum Gasteiger partial charge on any atom is 0.282 e. The Labute approximate surface area is 201 Å². The summed E-state index contributed by atoms with van der Waals surface area (Å²) < 4.78 is 5.69. The molecule has 4 rings (SSSR count). The SMILES string of the molecule is CCCOc1ccc(C2=C(Nc3ccc(CC)cc3)C(=O)N(c3cc(C)ccc3C)C2=O)cc1. The molecule has 1 aliphatic rings. The van der Waals surface area contributed by atoms with Gasteiger partial charge in [0.25, 0.3) is 11.8 Å². The summed E-state index contributed by atoms with van der Waals surface area (Å²) in [6.45, 7) is 8.63. The van der Waals surface area contributed by atoms with Gasteiger partial charge in [-0.3, -0.25) is 9.59 Å². The molecule has 0 radical (unpaired) electrons. The number of hydrogen-bond acceptors (Lipinski definition) is 4. The van der Waals surface area contributed by atoms with Crippen molar-refractivity contribution in [3.63, 3.8) is 0 Å². The van der Waals surface area contributed by atoms with Gasteiger partial charge in [0.15, 0.2) is 0 Å². The Morgan fingerprint density at radius 3 is 2.21 bits per heavy atom. The van der Waals surface area contributed by atoms with Crippen LogP contribution in [0, 0.1) is 13.8 Å². The van der Waals surface area contributed by atoms with Gasteiger partial charge in [-0.05, 0) is 79.3 Å². The van der Waals surface area contributed by atoms with Gasteiger partial charge in [-0.25, -0.2) is 4.90 Å². The molecule has 34 heavy (non-hydrogen) atoms. The Morgan fingerprint density at radius 1 is 0.853 bits per heavy atom. The number of amides is 2. The number of rotatable bonds is 8. The summed E-state index contributed by atoms with van der Waals surface area (Å²) >= 11 is 0. The molecule has 3 aromatic carbocycles. The van der Waals surface area contributed by atoms with Crippen LogP contribution in [0.15, 0.2) is 72.4 Å². The number of benzene rings is 3. The minimum absolute atomic E-state index is 0.275. The molecule has 0 bridgehead atoms. The van der Waals surface area contributed by atoms with Crippen molar-refractivity contribution in [2.75, 3.05) is 16.8 Å². The normalized spacial score (nSPS) is 13.6. The van der Waals surface area contributed by atoms with Crippen molar-refractivity contribution in [1.82, 2.24) is 0 Å². The van der Waals surface area contributed by atoms with Crippen LogP contribution in [0.2, 0.25) is 0 Å². The van der Waals surface area contributed by atoms with Crippen molar-refractivity contribution < 1.29 is 14.3 Å². The third-order valence-corrected chi connectivity index (χ3v) is 5.94. The van der Waals surface area contributed by atoms with E-state index in [1.54, 1.807) is 0 Å². The highest BCUT2D eigenvalue weighted by molar-refractivity contribution is 6.46. The zero-order valence-corrected chi connectivity index (χ0v) is 20.1. The predicted octanol–water partition coefficient (Wildman–Crippen LogP) is 6.05. The predicted molar refractivity (Wildman–Crippen MR) is 137 cm³/mol. The van der Waals surface area contributed by atoms with Crippen molar-refractivity contribution in [2.45, 2.75) is 40.5 Å². The number of nitrogens with one attached hydrogen (secondary N) is 1. The summed E-state index contributed by atoms with van der Waals surface area (Å²) in [5.74, 6) is 0.0344. The van der Waals surface area contributed by atoms with Crippen molar-refractivity contribution in [3.8, 4) is 5.75 Å². The fourth-order valence-electron chi connectivity index (χ4n) is 4.00. The molecule has 1 aliphatic heterocycles. The molecule has 0 aliphatic carbocycles. The summed E-state index contributed by atoms with van der Waals surface area (Å²) in [6.07, 6.45) is 1.84. The molecule has 0 saturated carbocycles. The van der Waals surface area contributed by atoms with E-state index < -0.39 is 0 Å². The van der Waals surface area contributed by atoms with Crippen molar-refractivity contribution in [1.29, 1.82) is 0 Å². The molecule has 0 aromatic heterocycles. The molecule has 1 heterocycles. The molecule has 0 atom stereocenters. The summed E-state index contributed by atoms with van der Waals surface area (Å²) in [5, 5.41) is 3.24. The second-order valence-electron chi connectivity index (χ2n) is 8.53. The lowest BCUT2D eigenvalue weighted by Crippen LogP contribution is -2.33. The van der Waals surface area contributed by atoms with E-state index in [0.717, 1.165) is 35.4 Å². The van der Waals surface area contributed by atoms with Crippen LogP contribution < -0.4 is 15.0 Å². The summed E-state index contributed by atoms with van der Waals surface area (Å²) in [5.41, 5.74) is 5.71. The van der Waals surface area contributed by atoms with E-state index in [1.807, 2.05) is 80.6 Å². The van der Waals surface area contributed by atoms with Crippen LogP contribution in [-0.2, 0) is 16.0 Å². The van der Waals surface area contributed by atoms with E-state index in [0.29, 0.717) is 23.4 Å². The zero-order valence-electron chi connectivity index (χ0n) is 20.1. The van der Waals surface area contributed by atoms with Gasteiger partial charge in [-0.15, -0.1) is 0 Å². The molecule has 174 valence electrons. The van der Waals surface area contributed by atoms with E-state index >= 15 is 0 Å². The largest absolute Gasteiger partial charge is 0.494 e. The van der Waals surface area contributed by atoms with Gasteiger partial charge in [0.1, 0.15) is 11.4 Å². The molecule has 0 saturated heterocycles. The highest BCUT2D eigenvalue weighted by Gasteiger charge is 2.40. The highest BCUT2D eigenvalue weighted by atomic mass is 16.5. The monoisotopic (exact) mass is 454 g/mol. The van der Waals surface area contributed by atoms with E-state index in [4.69, 9.17) is 4.74 Å². The van der Waals surface area contributed by atoms with Gasteiger partial charge in [0.2, 0.25) is 0 Å². The van der Waals surface area contributed by atoms with Crippen LogP contribution in [0.5, 0.6) is 5.75 Å². The Kier molecular flexibility index (Phi) is 6.82. The molecule has 2 amide bonds. The molecule has 5 heteroatoms. The number of carbonyl (C=O) groups is 2. The second kappa shape index (κ2) is 9.96. The highest BCUT2D eigenvalue weighted by Crippen LogP contribution is 2.36. The fourth-order valence-corrected chi connectivity index (χ4v) is 4.00. The lowest BCUT2D eigenvalue weighted by Gasteiger charge is -2.18. The number of imide groups is 1. The summed E-state index contributed by atoms with van der Waals surface area (Å²) in [4.78, 5) is 28.7. The van der Waals surface area contributed by atoms with Crippen molar-refractivity contribution in [3.05, 3.63) is 94.7 Å². The zero-order chi connectivity index (χ0) is 24.2. The Balaban J connectivity index is 1.77. The first-order valence-corrected chi connectivity index (χ1v) is 11.7. The third kappa shape index (κ3) is 4.60. The van der Waals surface area contributed by atoms with Gasteiger partial charge in [-0.1, -0.05) is 50.2 Å². The average molecular weight is 455 g/mol. The lowest BCUT2D eigenvalue weighted by molar-refractivity contribution is -0.120. The minimum Gasteiger partial charge on any atom is -0.494 e. The van der Waals surface area contributed by atoms with Crippen LogP contribution >= 0.6 is 0 Å². The summed E-state index contributed by atoms with van der Waals surface area (Å²) in [7, 11) is 0. The summed E-state index contributed by atoms with van der Waals surface area (Å²) in [6, 6.07) is 21.0. The van der Waals surface area contributed by atoms with Gasteiger partial charge >= 0.3 is 0 Å². The van der Waals surface area contributed by atoms with Crippen LogP contribution in [0.3, 0.4) is 0 Å². The van der Waals surface area contributed by atoms with Gasteiger partial charge < -0.3 is 10.1 Å². The Hall–Kier alpha value is -3.86. The average Bonchev–Trinajstić information content (AvgIpc) is 3.09. The number of ether oxygens (including phenoxy) is 1. The van der Waals surface area contributed by atoms with E-state index in [-0.39, 0.29) is 17.5 Å². The second-order valence-corrected chi connectivity index (χ2v) is 8.53. The number of anilines is 2. The molecule has 1 N–H and O–H groups in total. The molecular formula is C29H30N2O3. The number of carbonyl (C=O) groups excluding carboxylic acids is 2. The number of aryl methyl sites for hydroxylation is 3. The number of hydrogen-bond donors (Lipinski definition) is 1. The van der Waals surface area contributed by atoms with Crippen LogP contribution in [0.4, 0.5) is 11.4 Å². The molecule has 0 spiro atoms. The first kappa shape index (κ1) is 23.3. The van der Waals surface area contributed by atoms with Gasteiger partial charge in [0, 0.05) is 5.69 Å². The van der Waals surface area contributed by atoms with Gasteiger partial charge in [-0.2, -0.15) is 0 Å². The molecular weight excluding hydrogens is 424 g/mol. The lowest BCUT2D eigenvalue weighted by atomic mass is 10.0. The number of nitrogens with zero attached hydrogens (tertiary/aromatic N) is 1. The van der Waals surface area contributed by atoms with Crippen molar-refractivity contribution in [2.24, 2.45) is 0 Å². The molecule has 0 fully saturated rings. The molecule has 5 nitrogen and oxygen atoms in total. The third-order valence-electron chi connectivity index (χ3n) is 5.94. The van der Waals surface area contributed by atoms with E-state index in [9.17, 15) is 9.59 Å². The van der Waals surface area contributed by atoms with Crippen LogP contribution in [-0.4, -0.2) is 18.4 Å². The molecule has 0 unspecified atom stereocenters. The quantitative estimate of drug-likeness (QED) is 0.421. The topological polar surface area (TPSA) is 58.6 Å². The fraction of sp³-hybridized carbons (Fsp3) is 0.241. The minimum atomic E-state index is -0.362. The first-order valence-electron chi connectivity index (χ1n) is 11.7.